The first-order valence-corrected chi connectivity index (χ1v) is 12.2. The molecule has 2 aliphatic heterocycles. The zero-order valence-electron chi connectivity index (χ0n) is 19.2. The van der Waals surface area contributed by atoms with Crippen molar-refractivity contribution in [2.75, 3.05) is 6.61 Å². The average Bonchev–Trinajstić information content (AvgIpc) is 3.08. The van der Waals surface area contributed by atoms with Gasteiger partial charge in [0.2, 0.25) is 0 Å². The summed E-state index contributed by atoms with van der Waals surface area (Å²) in [6.07, 6.45) is 8.44. The van der Waals surface area contributed by atoms with Gasteiger partial charge < -0.3 is 9.47 Å². The molecule has 5 aliphatic rings. The van der Waals surface area contributed by atoms with Crippen LogP contribution in [0, 0.1) is 41.4 Å². The van der Waals surface area contributed by atoms with E-state index in [0.717, 1.165) is 36.1 Å². The van der Waals surface area contributed by atoms with Crippen molar-refractivity contribution in [3.63, 3.8) is 0 Å². The van der Waals surface area contributed by atoms with E-state index in [0.29, 0.717) is 30.1 Å². The van der Waals surface area contributed by atoms with Gasteiger partial charge in [-0.15, -0.1) is 0 Å². The summed E-state index contributed by atoms with van der Waals surface area (Å²) in [5, 5.41) is 0. The number of Topliss-reactive ketones (excluding diaryl/α,β-unsaturated/α-hetero) is 1. The van der Waals surface area contributed by atoms with Crippen molar-refractivity contribution in [2.45, 2.75) is 52.1 Å². The van der Waals surface area contributed by atoms with Gasteiger partial charge in [-0.1, -0.05) is 51.1 Å². The van der Waals surface area contributed by atoms with Gasteiger partial charge in [0.15, 0.2) is 0 Å². The molecule has 0 aromatic heterocycles. The topological polar surface area (TPSA) is 52.6 Å². The van der Waals surface area contributed by atoms with E-state index in [-0.39, 0.29) is 42.7 Å². The number of ether oxygens (including phenoxy) is 2. The lowest BCUT2D eigenvalue weighted by molar-refractivity contribution is -0.147. The van der Waals surface area contributed by atoms with Crippen LogP contribution in [-0.4, -0.2) is 24.5 Å². The quantitative estimate of drug-likeness (QED) is 0.321. The second-order valence-corrected chi connectivity index (χ2v) is 10.6. The van der Waals surface area contributed by atoms with Gasteiger partial charge in [-0.05, 0) is 66.2 Å². The standard InChI is InChI=1S/C28H34O4/c1-16-4-10-21-23(13-16)22-11-5-18(3)28-27(22)26(21)24(29)14-25(30)31-15-17(2)12-19-6-8-20(32-28)9-7-19/h5-9,11,16,18,21-23,26-28H,2,4,10,12-15H2,1,3H3/t16-,18+,21-,22+,23-,26-,27-,28+/m1/s1. The lowest BCUT2D eigenvalue weighted by Crippen LogP contribution is -2.43. The number of rotatable bonds is 0. The Kier molecular flexibility index (Phi) is 5.73. The summed E-state index contributed by atoms with van der Waals surface area (Å²) >= 11 is 0. The maximum Gasteiger partial charge on any atom is 0.313 e. The maximum atomic E-state index is 13.6. The number of allylic oxidation sites excluding steroid dienone is 1. The lowest BCUT2D eigenvalue weighted by Gasteiger charge is -2.38. The Bertz CT molecular complexity index is 929. The highest BCUT2D eigenvalue weighted by molar-refractivity contribution is 5.97. The number of fused-ring (bicyclic) bond motifs is 10. The molecule has 0 saturated heterocycles. The molecule has 4 heteroatoms. The highest BCUT2D eigenvalue weighted by Gasteiger charge is 2.58. The Morgan fingerprint density at radius 3 is 2.53 bits per heavy atom. The number of carbonyl (C=O) groups excluding carboxylic acids is 2. The summed E-state index contributed by atoms with van der Waals surface area (Å²) in [5.74, 6) is 2.47. The molecule has 8 atom stereocenters. The Balaban J connectivity index is 1.54. The summed E-state index contributed by atoms with van der Waals surface area (Å²) in [7, 11) is 0. The molecular formula is C28H34O4. The summed E-state index contributed by atoms with van der Waals surface area (Å²) in [5.41, 5.74) is 1.93. The third-order valence-electron chi connectivity index (χ3n) is 8.34. The second kappa shape index (κ2) is 8.53. The molecule has 0 unspecified atom stereocenters. The van der Waals surface area contributed by atoms with Crippen LogP contribution in [0.4, 0.5) is 0 Å². The molecular weight excluding hydrogens is 400 g/mol. The average molecular weight is 435 g/mol. The van der Waals surface area contributed by atoms with Crippen molar-refractivity contribution in [3.8, 4) is 5.75 Å². The minimum absolute atomic E-state index is 0.0402. The Morgan fingerprint density at radius 1 is 0.969 bits per heavy atom. The minimum Gasteiger partial charge on any atom is -0.489 e. The van der Waals surface area contributed by atoms with Gasteiger partial charge >= 0.3 is 5.97 Å². The summed E-state index contributed by atoms with van der Waals surface area (Å²) < 4.78 is 12.1. The Hall–Kier alpha value is -2.36. The van der Waals surface area contributed by atoms with Crippen molar-refractivity contribution in [1.29, 1.82) is 0 Å². The number of benzene rings is 1. The van der Waals surface area contributed by atoms with Gasteiger partial charge in [0, 0.05) is 17.8 Å². The summed E-state index contributed by atoms with van der Waals surface area (Å²) in [6, 6.07) is 8.16. The van der Waals surface area contributed by atoms with Gasteiger partial charge in [-0.25, -0.2) is 0 Å². The van der Waals surface area contributed by atoms with Crippen LogP contribution in [0.2, 0.25) is 0 Å². The number of hydrogen-bond acceptors (Lipinski definition) is 4. The number of ketones is 1. The summed E-state index contributed by atoms with van der Waals surface area (Å²) in [4.78, 5) is 26.2. The van der Waals surface area contributed by atoms with Gasteiger partial charge in [0.1, 0.15) is 30.7 Å². The van der Waals surface area contributed by atoms with Crippen molar-refractivity contribution in [3.05, 3.63) is 54.1 Å². The van der Waals surface area contributed by atoms with Crippen LogP contribution < -0.4 is 4.74 Å². The van der Waals surface area contributed by atoms with E-state index in [1.54, 1.807) is 0 Å². The van der Waals surface area contributed by atoms with Crippen molar-refractivity contribution in [1.82, 2.24) is 0 Å². The Labute approximate surface area is 191 Å². The fourth-order valence-corrected chi connectivity index (χ4v) is 6.92. The molecule has 0 amide bonds. The van der Waals surface area contributed by atoms with Crippen LogP contribution in [0.5, 0.6) is 5.75 Å². The fraction of sp³-hybridized carbons (Fsp3) is 0.571. The predicted molar refractivity (Wildman–Crippen MR) is 123 cm³/mol. The van der Waals surface area contributed by atoms with Crippen LogP contribution in [-0.2, 0) is 20.7 Å². The molecule has 170 valence electrons. The number of carbonyl (C=O) groups is 2. The van der Waals surface area contributed by atoms with Gasteiger partial charge in [0.05, 0.1) is 0 Å². The molecule has 3 aliphatic carbocycles. The van der Waals surface area contributed by atoms with Crippen LogP contribution in [0.3, 0.4) is 0 Å². The zero-order chi connectivity index (χ0) is 22.4. The van der Waals surface area contributed by atoms with Gasteiger partial charge in [-0.2, -0.15) is 0 Å². The van der Waals surface area contributed by atoms with E-state index in [9.17, 15) is 9.59 Å². The molecule has 2 fully saturated rings. The molecule has 0 radical (unpaired) electrons. The number of hydrogen-bond donors (Lipinski definition) is 0. The van der Waals surface area contributed by atoms with E-state index >= 15 is 0 Å². The molecule has 6 rings (SSSR count). The van der Waals surface area contributed by atoms with E-state index in [1.807, 2.05) is 12.1 Å². The SMILES string of the molecule is C=C1COC(=O)CC(=O)[C@H]2[C@@H]3CC[C@@H](C)C[C@H]3[C@@H]3C=C[C@H](C)[C@H](Oc4ccc(cc4)C1)[C@H]32. The molecule has 0 N–H and O–H groups in total. The lowest BCUT2D eigenvalue weighted by atomic mass is 9.71. The van der Waals surface area contributed by atoms with E-state index in [1.165, 1.54) is 0 Å². The smallest absolute Gasteiger partial charge is 0.313 e. The molecule has 32 heavy (non-hydrogen) atoms. The van der Waals surface area contributed by atoms with Gasteiger partial charge in [-0.3, -0.25) is 9.59 Å². The first-order chi connectivity index (χ1) is 15.4. The molecule has 0 spiro atoms. The third-order valence-corrected chi connectivity index (χ3v) is 8.34. The number of esters is 1. The fourth-order valence-electron chi connectivity index (χ4n) is 6.92. The minimum atomic E-state index is -0.429. The molecule has 2 bridgehead atoms. The molecule has 2 saturated carbocycles. The Morgan fingerprint density at radius 2 is 1.75 bits per heavy atom. The van der Waals surface area contributed by atoms with Crippen LogP contribution >= 0.6 is 0 Å². The van der Waals surface area contributed by atoms with Crippen LogP contribution in [0.25, 0.3) is 0 Å². The monoisotopic (exact) mass is 434 g/mol. The van der Waals surface area contributed by atoms with Crippen LogP contribution in [0.1, 0.15) is 45.1 Å². The maximum absolute atomic E-state index is 13.6. The third kappa shape index (κ3) is 3.93. The first-order valence-electron chi connectivity index (χ1n) is 12.2. The van der Waals surface area contributed by atoms with E-state index in [4.69, 9.17) is 9.47 Å². The first kappa shape index (κ1) is 21.5. The summed E-state index contributed by atoms with van der Waals surface area (Å²) in [6.45, 7) is 8.71. The molecule has 1 aromatic carbocycles. The van der Waals surface area contributed by atoms with Crippen molar-refractivity contribution < 1.29 is 19.1 Å². The van der Waals surface area contributed by atoms with Crippen molar-refractivity contribution in [2.24, 2.45) is 41.4 Å². The van der Waals surface area contributed by atoms with E-state index in [2.05, 4.69) is 44.7 Å². The highest BCUT2D eigenvalue weighted by atomic mass is 16.5. The van der Waals surface area contributed by atoms with Crippen LogP contribution in [0.15, 0.2) is 48.6 Å². The zero-order valence-corrected chi connectivity index (χ0v) is 19.2. The molecule has 1 aromatic rings. The largest absolute Gasteiger partial charge is 0.489 e. The van der Waals surface area contributed by atoms with E-state index < -0.39 is 5.97 Å². The normalized spacial score (nSPS) is 39.4. The van der Waals surface area contributed by atoms with Crippen molar-refractivity contribution >= 4 is 11.8 Å². The predicted octanol–water partition coefficient (Wildman–Crippen LogP) is 5.17. The molecule has 4 nitrogen and oxygen atoms in total. The van der Waals surface area contributed by atoms with Gasteiger partial charge in [0.25, 0.3) is 0 Å². The second-order valence-electron chi connectivity index (χ2n) is 10.6. The highest BCUT2D eigenvalue weighted by Crippen LogP contribution is 2.58. The molecule has 2 heterocycles.